The summed E-state index contributed by atoms with van der Waals surface area (Å²) in [5.41, 5.74) is 5.14. The fraction of sp³-hybridized carbons (Fsp3) is 0.636. The minimum Gasteiger partial charge on any atom is -1.00 e. The minimum atomic E-state index is -1.08. The van der Waals surface area contributed by atoms with E-state index in [1.807, 2.05) is 13.0 Å². The normalized spacial score (nSPS) is 22.8. The molecule has 0 radical (unpaired) electrons. The molecule has 0 aromatic carbocycles. The Balaban J connectivity index is 0.00000169. The van der Waals surface area contributed by atoms with Crippen molar-refractivity contribution < 1.29 is 44.0 Å². The molecule has 0 spiro atoms. The Labute approximate surface area is 183 Å². The summed E-state index contributed by atoms with van der Waals surface area (Å²) < 4.78 is 3.75. The predicted octanol–water partition coefficient (Wildman–Crippen LogP) is 1.13. The van der Waals surface area contributed by atoms with E-state index in [4.69, 9.17) is 0 Å². The van der Waals surface area contributed by atoms with Crippen molar-refractivity contribution in [2.75, 3.05) is 0 Å². The molecule has 0 bridgehead atoms. The van der Waals surface area contributed by atoms with Crippen LogP contribution in [0.5, 0.6) is 0 Å². The fourth-order valence-corrected chi connectivity index (χ4v) is 13.7. The summed E-state index contributed by atoms with van der Waals surface area (Å²) in [5, 5.41) is 1.93. The first kappa shape index (κ1) is 24.5. The smallest absolute Gasteiger partial charge is 1.00 e. The van der Waals surface area contributed by atoms with Gasteiger partial charge in [-0.25, -0.2) is 0 Å². The van der Waals surface area contributed by atoms with Crippen LogP contribution >= 0.6 is 0 Å². The second-order valence-electron chi connectivity index (χ2n) is 8.74. The standard InChI is InChI=1S/C12H19Si.C10H15.2ClH.Ti/c1-2-3-9-13(10-6-11-13)12-7-4-5-8-12;1-7-6-10(4,5)9(3)8(7)2;;;/h4,7H,2-3,5-6,9-11H2,1H3;1-5H3;2*1H;/q;;;;+2/p-2. The molecular formula is C22H34Cl2SiTi. The Bertz CT molecular complexity index is 664. The van der Waals surface area contributed by atoms with E-state index in [0.717, 1.165) is 0 Å². The Morgan fingerprint density at radius 1 is 1.08 bits per heavy atom. The van der Waals surface area contributed by atoms with Crippen molar-refractivity contribution in [2.45, 2.75) is 85.4 Å². The van der Waals surface area contributed by atoms with E-state index in [0.29, 0.717) is 5.41 Å². The second-order valence-corrected chi connectivity index (χ2v) is 15.4. The number of hydrogen-bond acceptors (Lipinski definition) is 0. The van der Waals surface area contributed by atoms with Crippen LogP contribution in [-0.2, 0) is 19.2 Å². The van der Waals surface area contributed by atoms with Crippen molar-refractivity contribution in [2.24, 2.45) is 5.41 Å². The topological polar surface area (TPSA) is 0 Å². The third kappa shape index (κ3) is 4.08. The molecule has 0 saturated carbocycles. The van der Waals surface area contributed by atoms with Crippen molar-refractivity contribution in [3.05, 3.63) is 41.8 Å². The molecule has 0 N–H and O–H groups in total. The molecule has 1 saturated heterocycles. The first-order valence-electron chi connectivity index (χ1n) is 9.90. The van der Waals surface area contributed by atoms with Crippen LogP contribution in [0.2, 0.25) is 18.1 Å². The molecule has 0 nitrogen and oxygen atoms in total. The average Bonchev–Trinajstić information content (AvgIpc) is 3.02. The van der Waals surface area contributed by atoms with Gasteiger partial charge in [-0.05, 0) is 0 Å². The van der Waals surface area contributed by atoms with Gasteiger partial charge in [0.2, 0.25) is 0 Å². The average molecular weight is 445 g/mol. The van der Waals surface area contributed by atoms with Crippen molar-refractivity contribution in [3.8, 4) is 0 Å². The van der Waals surface area contributed by atoms with E-state index >= 15 is 0 Å². The van der Waals surface area contributed by atoms with E-state index in [2.05, 4.69) is 53.7 Å². The molecule has 26 heavy (non-hydrogen) atoms. The molecule has 3 rings (SSSR count). The summed E-state index contributed by atoms with van der Waals surface area (Å²) in [6.45, 7) is 14.4. The zero-order valence-corrected chi connectivity index (χ0v) is 21.4. The molecule has 144 valence electrons. The number of unbranched alkanes of at least 4 members (excludes halogenated alkanes) is 1. The van der Waals surface area contributed by atoms with Crippen LogP contribution in [0.25, 0.3) is 0 Å². The zero-order valence-electron chi connectivity index (χ0n) is 17.4. The molecule has 2 aliphatic carbocycles. The van der Waals surface area contributed by atoms with Crippen molar-refractivity contribution in [1.29, 1.82) is 0 Å². The quantitative estimate of drug-likeness (QED) is 0.538. The van der Waals surface area contributed by atoms with Crippen LogP contribution in [0.3, 0.4) is 0 Å². The summed E-state index contributed by atoms with van der Waals surface area (Å²) in [7, 11) is -1.08. The summed E-state index contributed by atoms with van der Waals surface area (Å²) in [6.07, 6.45) is 10.7. The SMILES string of the molecule is CCCC[Si]1(C2=[C]([Ti+2][C]3=C(C)C(C)=C(C)C3(C)C)CC=C2)CCC1.[Cl-].[Cl-]. The maximum atomic E-state index is 2.59. The maximum Gasteiger partial charge on any atom is -1.00 e. The van der Waals surface area contributed by atoms with Gasteiger partial charge < -0.3 is 24.8 Å². The summed E-state index contributed by atoms with van der Waals surface area (Å²) in [5.74, 6) is 0. The zero-order chi connectivity index (χ0) is 17.5. The molecule has 0 atom stereocenters. The van der Waals surface area contributed by atoms with E-state index in [1.165, 1.54) is 25.7 Å². The molecule has 3 aliphatic rings. The first-order chi connectivity index (χ1) is 11.3. The van der Waals surface area contributed by atoms with Crippen LogP contribution in [0.15, 0.2) is 41.8 Å². The van der Waals surface area contributed by atoms with E-state index in [9.17, 15) is 0 Å². The van der Waals surface area contributed by atoms with Gasteiger partial charge in [0.15, 0.2) is 0 Å². The predicted molar refractivity (Wildman–Crippen MR) is 105 cm³/mol. The Kier molecular flexibility index (Phi) is 8.78. The molecule has 0 aromatic rings. The van der Waals surface area contributed by atoms with Gasteiger partial charge in [0.1, 0.15) is 0 Å². The largest absolute Gasteiger partial charge is 1.00 e. The monoisotopic (exact) mass is 444 g/mol. The molecule has 1 heterocycles. The van der Waals surface area contributed by atoms with Crippen LogP contribution in [0, 0.1) is 5.41 Å². The van der Waals surface area contributed by atoms with Crippen LogP contribution in [-0.4, -0.2) is 8.07 Å². The molecule has 0 aromatic heterocycles. The van der Waals surface area contributed by atoms with Gasteiger partial charge in [-0.2, -0.15) is 0 Å². The number of halogens is 2. The van der Waals surface area contributed by atoms with Gasteiger partial charge in [0.25, 0.3) is 0 Å². The van der Waals surface area contributed by atoms with Crippen LogP contribution in [0.1, 0.15) is 67.2 Å². The molecule has 1 fully saturated rings. The second kappa shape index (κ2) is 9.31. The summed E-state index contributed by atoms with van der Waals surface area (Å²) in [6, 6.07) is 4.73. The maximum absolute atomic E-state index is 2.59. The first-order valence-corrected chi connectivity index (χ1v) is 14.1. The van der Waals surface area contributed by atoms with Crippen molar-refractivity contribution in [1.82, 2.24) is 0 Å². The van der Waals surface area contributed by atoms with Crippen LogP contribution < -0.4 is 24.8 Å². The van der Waals surface area contributed by atoms with E-state index < -0.39 is 8.07 Å². The Morgan fingerprint density at radius 3 is 2.19 bits per heavy atom. The molecule has 0 amide bonds. The van der Waals surface area contributed by atoms with Crippen molar-refractivity contribution >= 4 is 8.07 Å². The van der Waals surface area contributed by atoms with E-state index in [-0.39, 0.29) is 44.0 Å². The number of hydrogen-bond donors (Lipinski definition) is 0. The number of rotatable bonds is 6. The molecule has 4 heteroatoms. The van der Waals surface area contributed by atoms with E-state index in [1.54, 1.807) is 34.9 Å². The molecule has 1 aliphatic heterocycles. The van der Waals surface area contributed by atoms with Gasteiger partial charge in [-0.1, -0.05) is 0 Å². The third-order valence-corrected chi connectivity index (χ3v) is 16.3. The minimum absolute atomic E-state index is 0. The van der Waals surface area contributed by atoms with Gasteiger partial charge in [0.05, 0.1) is 0 Å². The van der Waals surface area contributed by atoms with Gasteiger partial charge in [-0.15, -0.1) is 0 Å². The van der Waals surface area contributed by atoms with Gasteiger partial charge in [0, 0.05) is 0 Å². The van der Waals surface area contributed by atoms with Crippen molar-refractivity contribution in [3.63, 3.8) is 0 Å². The molecule has 0 unspecified atom stereocenters. The summed E-state index contributed by atoms with van der Waals surface area (Å²) in [4.78, 5) is 0. The third-order valence-electron chi connectivity index (χ3n) is 7.16. The molecular weight excluding hydrogens is 411 g/mol. The fourth-order valence-electron chi connectivity index (χ4n) is 4.89. The Morgan fingerprint density at radius 2 is 1.73 bits per heavy atom. The number of allylic oxidation sites excluding steroid dienone is 8. The van der Waals surface area contributed by atoms with Gasteiger partial charge in [-0.3, -0.25) is 0 Å². The Hall–Kier alpha value is 0.471. The summed E-state index contributed by atoms with van der Waals surface area (Å²) >= 11 is -0.135. The van der Waals surface area contributed by atoms with Crippen LogP contribution in [0.4, 0.5) is 0 Å². The van der Waals surface area contributed by atoms with Gasteiger partial charge >= 0.3 is 160 Å².